The normalized spacial score (nSPS) is 10.8. The average molecular weight is 380 g/mol. The second kappa shape index (κ2) is 11.0. The zero-order valence-electron chi connectivity index (χ0n) is 15.3. The van der Waals surface area contributed by atoms with Crippen LogP contribution >= 0.6 is 11.6 Å². The molecule has 0 unspecified atom stereocenters. The summed E-state index contributed by atoms with van der Waals surface area (Å²) in [7, 11) is 1.61. The molecule has 0 aliphatic heterocycles. The Morgan fingerprint density at radius 3 is 2.62 bits per heavy atom. The van der Waals surface area contributed by atoms with Gasteiger partial charge < -0.3 is 24.6 Å². The van der Waals surface area contributed by atoms with Crippen LogP contribution < -0.4 is 14.8 Å². The Labute approximate surface area is 159 Å². The maximum absolute atomic E-state index is 8.66. The quantitative estimate of drug-likeness (QED) is 0.586. The molecule has 2 rings (SSSR count). The standard InChI is InChI=1S/C20H26ClNO4/c1-15-5-3-4-6-16(15)14-26-20-12-18(21)17(11-19(20)24-2)13-22-7-9-25-10-8-23/h3-6,11-12,22-23H,7-10,13-14H2,1-2H3. The van der Waals surface area contributed by atoms with Crippen molar-refractivity contribution < 1.29 is 19.3 Å². The van der Waals surface area contributed by atoms with Gasteiger partial charge in [-0.05, 0) is 29.7 Å². The van der Waals surface area contributed by atoms with Crippen LogP contribution in [0.5, 0.6) is 11.5 Å². The number of aliphatic hydroxyl groups excluding tert-OH is 1. The fourth-order valence-corrected chi connectivity index (χ4v) is 2.67. The molecule has 0 aliphatic carbocycles. The summed E-state index contributed by atoms with van der Waals surface area (Å²) in [6, 6.07) is 11.8. The van der Waals surface area contributed by atoms with Crippen LogP contribution in [-0.4, -0.2) is 38.6 Å². The molecule has 2 N–H and O–H groups in total. The molecule has 2 aromatic rings. The first-order valence-electron chi connectivity index (χ1n) is 8.58. The minimum atomic E-state index is 0.0347. The number of halogens is 1. The Kier molecular flexibility index (Phi) is 8.71. The predicted octanol–water partition coefficient (Wildman–Crippen LogP) is 3.33. The summed E-state index contributed by atoms with van der Waals surface area (Å²) in [6.45, 7) is 4.70. The van der Waals surface area contributed by atoms with Gasteiger partial charge in [0, 0.05) is 24.2 Å². The third kappa shape index (κ3) is 6.18. The van der Waals surface area contributed by atoms with Crippen molar-refractivity contribution in [2.75, 3.05) is 33.5 Å². The van der Waals surface area contributed by atoms with Crippen molar-refractivity contribution in [2.45, 2.75) is 20.1 Å². The third-order valence-electron chi connectivity index (χ3n) is 3.95. The van der Waals surface area contributed by atoms with Crippen LogP contribution in [0, 0.1) is 6.92 Å². The van der Waals surface area contributed by atoms with Crippen LogP contribution in [0.3, 0.4) is 0 Å². The van der Waals surface area contributed by atoms with Gasteiger partial charge in [0.25, 0.3) is 0 Å². The van der Waals surface area contributed by atoms with Crippen molar-refractivity contribution in [2.24, 2.45) is 0 Å². The average Bonchev–Trinajstić information content (AvgIpc) is 2.65. The summed E-state index contributed by atoms with van der Waals surface area (Å²) in [5.74, 6) is 1.27. The SMILES string of the molecule is COc1cc(CNCCOCCO)c(Cl)cc1OCc1ccccc1C. The van der Waals surface area contributed by atoms with Gasteiger partial charge >= 0.3 is 0 Å². The molecule has 0 radical (unpaired) electrons. The highest BCUT2D eigenvalue weighted by molar-refractivity contribution is 6.31. The molecule has 0 spiro atoms. The van der Waals surface area contributed by atoms with Gasteiger partial charge in [-0.2, -0.15) is 0 Å². The maximum Gasteiger partial charge on any atom is 0.163 e. The van der Waals surface area contributed by atoms with E-state index in [4.69, 9.17) is 30.9 Å². The predicted molar refractivity (Wildman–Crippen MR) is 103 cm³/mol. The molecule has 0 atom stereocenters. The first-order chi connectivity index (χ1) is 12.7. The van der Waals surface area contributed by atoms with Crippen LogP contribution in [-0.2, 0) is 17.9 Å². The molecular formula is C20H26ClNO4. The van der Waals surface area contributed by atoms with Crippen LogP contribution in [0.1, 0.15) is 16.7 Å². The molecule has 6 heteroatoms. The number of methoxy groups -OCH3 is 1. The Morgan fingerprint density at radius 2 is 1.88 bits per heavy atom. The lowest BCUT2D eigenvalue weighted by molar-refractivity contribution is 0.0938. The Morgan fingerprint density at radius 1 is 1.08 bits per heavy atom. The number of nitrogens with one attached hydrogen (secondary N) is 1. The largest absolute Gasteiger partial charge is 0.493 e. The van der Waals surface area contributed by atoms with Crippen molar-refractivity contribution in [1.82, 2.24) is 5.32 Å². The van der Waals surface area contributed by atoms with E-state index < -0.39 is 0 Å². The second-order valence-electron chi connectivity index (χ2n) is 5.82. The van der Waals surface area contributed by atoms with Gasteiger partial charge in [0.1, 0.15) is 6.61 Å². The van der Waals surface area contributed by atoms with Gasteiger partial charge in [-0.25, -0.2) is 0 Å². The second-order valence-corrected chi connectivity index (χ2v) is 6.23. The van der Waals surface area contributed by atoms with Crippen LogP contribution in [0.15, 0.2) is 36.4 Å². The van der Waals surface area contributed by atoms with Crippen molar-refractivity contribution in [3.63, 3.8) is 0 Å². The van der Waals surface area contributed by atoms with E-state index in [0.29, 0.717) is 49.4 Å². The van der Waals surface area contributed by atoms with Gasteiger partial charge in [0.15, 0.2) is 11.5 Å². The Balaban J connectivity index is 1.96. The van der Waals surface area contributed by atoms with Crippen LogP contribution in [0.2, 0.25) is 5.02 Å². The highest BCUT2D eigenvalue weighted by Crippen LogP contribution is 2.34. The highest BCUT2D eigenvalue weighted by atomic mass is 35.5. The molecule has 2 aromatic carbocycles. The molecule has 0 aromatic heterocycles. The lowest BCUT2D eigenvalue weighted by Gasteiger charge is -2.15. The minimum Gasteiger partial charge on any atom is -0.493 e. The molecule has 0 amide bonds. The molecule has 0 heterocycles. The van der Waals surface area contributed by atoms with E-state index >= 15 is 0 Å². The number of aliphatic hydroxyl groups is 1. The summed E-state index contributed by atoms with van der Waals surface area (Å²) in [4.78, 5) is 0. The molecule has 0 saturated carbocycles. The number of hydrogen-bond donors (Lipinski definition) is 2. The van der Waals surface area contributed by atoms with Gasteiger partial charge in [-0.3, -0.25) is 0 Å². The molecule has 142 valence electrons. The summed E-state index contributed by atoms with van der Waals surface area (Å²) in [5, 5.41) is 12.5. The zero-order valence-corrected chi connectivity index (χ0v) is 16.0. The van der Waals surface area contributed by atoms with E-state index in [1.807, 2.05) is 24.3 Å². The van der Waals surface area contributed by atoms with E-state index in [1.165, 1.54) is 5.56 Å². The van der Waals surface area contributed by atoms with Crippen molar-refractivity contribution in [3.05, 3.63) is 58.1 Å². The van der Waals surface area contributed by atoms with E-state index in [9.17, 15) is 0 Å². The Bertz CT molecular complexity index is 694. The first-order valence-corrected chi connectivity index (χ1v) is 8.96. The van der Waals surface area contributed by atoms with E-state index in [1.54, 1.807) is 13.2 Å². The number of ether oxygens (including phenoxy) is 3. The zero-order chi connectivity index (χ0) is 18.8. The van der Waals surface area contributed by atoms with E-state index in [-0.39, 0.29) is 6.61 Å². The smallest absolute Gasteiger partial charge is 0.163 e. The number of hydrogen-bond acceptors (Lipinski definition) is 5. The number of benzene rings is 2. The minimum absolute atomic E-state index is 0.0347. The third-order valence-corrected chi connectivity index (χ3v) is 4.30. The number of aryl methyl sites for hydroxylation is 1. The topological polar surface area (TPSA) is 60.0 Å². The van der Waals surface area contributed by atoms with Gasteiger partial charge in [0.2, 0.25) is 0 Å². The van der Waals surface area contributed by atoms with Gasteiger partial charge in [-0.1, -0.05) is 35.9 Å². The Hall–Kier alpha value is -1.79. The fourth-order valence-electron chi connectivity index (χ4n) is 2.45. The fraction of sp³-hybridized carbons (Fsp3) is 0.400. The summed E-state index contributed by atoms with van der Waals surface area (Å²) in [6.07, 6.45) is 0. The van der Waals surface area contributed by atoms with Crippen molar-refractivity contribution >= 4 is 11.6 Å². The highest BCUT2D eigenvalue weighted by Gasteiger charge is 2.11. The van der Waals surface area contributed by atoms with Gasteiger partial charge in [-0.15, -0.1) is 0 Å². The van der Waals surface area contributed by atoms with Crippen LogP contribution in [0.25, 0.3) is 0 Å². The van der Waals surface area contributed by atoms with Crippen molar-refractivity contribution in [3.8, 4) is 11.5 Å². The van der Waals surface area contributed by atoms with Crippen LogP contribution in [0.4, 0.5) is 0 Å². The summed E-state index contributed by atoms with van der Waals surface area (Å²) in [5.41, 5.74) is 3.23. The molecule has 0 aliphatic rings. The molecule has 0 bridgehead atoms. The lowest BCUT2D eigenvalue weighted by Crippen LogP contribution is -2.20. The van der Waals surface area contributed by atoms with E-state index in [0.717, 1.165) is 11.1 Å². The first kappa shape index (κ1) is 20.5. The molecule has 0 saturated heterocycles. The maximum atomic E-state index is 8.66. The van der Waals surface area contributed by atoms with Gasteiger partial charge in [0.05, 0.1) is 26.9 Å². The molecule has 0 fully saturated rings. The monoisotopic (exact) mass is 379 g/mol. The molecule has 26 heavy (non-hydrogen) atoms. The summed E-state index contributed by atoms with van der Waals surface area (Å²) < 4.78 is 16.6. The number of rotatable bonds is 11. The lowest BCUT2D eigenvalue weighted by atomic mass is 10.1. The van der Waals surface area contributed by atoms with Crippen molar-refractivity contribution in [1.29, 1.82) is 0 Å². The molecular weight excluding hydrogens is 354 g/mol. The van der Waals surface area contributed by atoms with E-state index in [2.05, 4.69) is 18.3 Å². The summed E-state index contributed by atoms with van der Waals surface area (Å²) >= 11 is 6.39. The molecule has 5 nitrogen and oxygen atoms in total.